The highest BCUT2D eigenvalue weighted by Crippen LogP contribution is 2.36. The van der Waals surface area contributed by atoms with Crippen molar-refractivity contribution in [2.45, 2.75) is 31.1 Å². The Morgan fingerprint density at radius 3 is 2.43 bits per heavy atom. The Balaban J connectivity index is 1.71. The second-order valence-corrected chi connectivity index (χ2v) is 6.62. The first-order valence-corrected chi connectivity index (χ1v) is 8.39. The fraction of sp³-hybridized carbons (Fsp3) is 0.278. The van der Waals surface area contributed by atoms with Gasteiger partial charge in [-0.1, -0.05) is 0 Å². The lowest BCUT2D eigenvalue weighted by atomic mass is 10.1. The molecule has 1 fully saturated rings. The van der Waals surface area contributed by atoms with Gasteiger partial charge in [0.05, 0.1) is 40.9 Å². The quantitative estimate of drug-likeness (QED) is 0.598. The van der Waals surface area contributed by atoms with E-state index in [1.807, 2.05) is 0 Å². The Morgan fingerprint density at radius 2 is 1.89 bits per heavy atom. The van der Waals surface area contributed by atoms with Crippen LogP contribution in [0.1, 0.15) is 34.5 Å². The zero-order chi connectivity index (χ0) is 20.5. The number of alkyl halides is 3. The molecule has 1 aromatic carbocycles. The van der Waals surface area contributed by atoms with Crippen molar-refractivity contribution in [3.05, 3.63) is 53.3 Å². The van der Waals surface area contributed by atoms with E-state index in [9.17, 15) is 22.8 Å². The minimum atomic E-state index is -4.67. The van der Waals surface area contributed by atoms with Gasteiger partial charge in [0, 0.05) is 5.56 Å². The number of benzene rings is 1. The van der Waals surface area contributed by atoms with Gasteiger partial charge in [0.25, 0.3) is 0 Å². The molecule has 1 aliphatic rings. The molecule has 2 amide bonds. The Hall–Kier alpha value is -3.14. The Labute approximate surface area is 158 Å². The molecular weight excluding hydrogens is 375 g/mol. The third kappa shape index (κ3) is 4.39. The second-order valence-electron chi connectivity index (χ2n) is 6.62. The summed E-state index contributed by atoms with van der Waals surface area (Å²) in [6, 6.07) is 6.14. The number of hydrogen-bond donors (Lipinski definition) is 4. The molecule has 0 spiro atoms. The summed E-state index contributed by atoms with van der Waals surface area (Å²) in [4.78, 5) is 27.1. The average molecular weight is 393 g/mol. The van der Waals surface area contributed by atoms with E-state index in [4.69, 9.17) is 11.5 Å². The van der Waals surface area contributed by atoms with Crippen molar-refractivity contribution in [1.29, 1.82) is 0 Å². The minimum absolute atomic E-state index is 0.166. The first-order chi connectivity index (χ1) is 13.1. The molecule has 148 valence electrons. The first-order valence-electron chi connectivity index (χ1n) is 8.39. The van der Waals surface area contributed by atoms with Crippen molar-refractivity contribution in [2.24, 2.45) is 11.5 Å². The van der Waals surface area contributed by atoms with Crippen molar-refractivity contribution in [3.63, 3.8) is 0 Å². The van der Waals surface area contributed by atoms with E-state index in [0.717, 1.165) is 6.07 Å². The van der Waals surface area contributed by atoms with E-state index in [2.05, 4.69) is 15.6 Å². The van der Waals surface area contributed by atoms with Gasteiger partial charge >= 0.3 is 6.18 Å². The molecule has 10 heteroatoms. The predicted octanol–water partition coefficient (Wildman–Crippen LogP) is 2.05. The molecule has 1 saturated carbocycles. The van der Waals surface area contributed by atoms with Crippen LogP contribution in [-0.4, -0.2) is 22.3 Å². The molecule has 2 aromatic rings. The number of carbonyl (C=O) groups is 2. The highest BCUT2D eigenvalue weighted by atomic mass is 19.4. The summed E-state index contributed by atoms with van der Waals surface area (Å²) >= 11 is 0. The molecule has 3 rings (SSSR count). The molecule has 28 heavy (non-hydrogen) atoms. The number of anilines is 2. The first kappa shape index (κ1) is 19.6. The van der Waals surface area contributed by atoms with Crippen LogP contribution in [0.3, 0.4) is 0 Å². The molecule has 1 aliphatic carbocycles. The number of carbonyl (C=O) groups excluding carboxylic acids is 2. The smallest absolute Gasteiger partial charge is 0.366 e. The largest absolute Gasteiger partial charge is 0.418 e. The Morgan fingerprint density at radius 1 is 1.18 bits per heavy atom. The third-order valence-electron chi connectivity index (χ3n) is 4.38. The fourth-order valence-electron chi connectivity index (χ4n) is 2.51. The van der Waals surface area contributed by atoms with Crippen LogP contribution >= 0.6 is 0 Å². The lowest BCUT2D eigenvalue weighted by molar-refractivity contribution is -0.137. The van der Waals surface area contributed by atoms with Gasteiger partial charge in [-0.05, 0) is 43.2 Å². The molecular formula is C18H18F3N5O2. The molecule has 6 N–H and O–H groups in total. The third-order valence-corrected chi connectivity index (χ3v) is 4.38. The Kier molecular flexibility index (Phi) is 4.99. The molecule has 0 aliphatic heterocycles. The molecule has 0 atom stereocenters. The minimum Gasteiger partial charge on any atom is -0.366 e. The average Bonchev–Trinajstić information content (AvgIpc) is 3.39. The highest BCUT2D eigenvalue weighted by Gasteiger charge is 2.45. The van der Waals surface area contributed by atoms with Gasteiger partial charge in [0.15, 0.2) is 0 Å². The van der Waals surface area contributed by atoms with E-state index in [1.165, 1.54) is 18.3 Å². The standard InChI is InChI=1S/C18H18F3N5O2/c19-18(20,21)13-7-10(15(22)27)1-4-14(13)26-12-3-2-11(24-9-12)8-25-16(28)17(23)5-6-17/h1-4,7,9,26H,5-6,8,23H2,(H2,22,27)(H,25,28). The summed E-state index contributed by atoms with van der Waals surface area (Å²) in [7, 11) is 0. The Bertz CT molecular complexity index is 908. The SMILES string of the molecule is NC(=O)c1ccc(Nc2ccc(CNC(=O)C3(N)CC3)nc2)c(C(F)(F)F)c1. The van der Waals surface area contributed by atoms with Crippen LogP contribution in [0.15, 0.2) is 36.5 Å². The zero-order valence-electron chi connectivity index (χ0n) is 14.6. The van der Waals surface area contributed by atoms with Crippen molar-refractivity contribution in [1.82, 2.24) is 10.3 Å². The summed E-state index contributed by atoms with van der Waals surface area (Å²) in [5, 5.41) is 5.31. The number of nitrogens with zero attached hydrogens (tertiary/aromatic N) is 1. The number of aromatic nitrogens is 1. The van der Waals surface area contributed by atoms with Crippen LogP contribution in [0.5, 0.6) is 0 Å². The number of primary amides is 1. The summed E-state index contributed by atoms with van der Waals surface area (Å²) in [6.45, 7) is 0.166. The normalized spacial score (nSPS) is 15.0. The van der Waals surface area contributed by atoms with Gasteiger partial charge in [0.1, 0.15) is 0 Å². The molecule has 0 radical (unpaired) electrons. The molecule has 0 bridgehead atoms. The van der Waals surface area contributed by atoms with E-state index in [1.54, 1.807) is 6.07 Å². The van der Waals surface area contributed by atoms with Crippen LogP contribution < -0.4 is 22.1 Å². The van der Waals surface area contributed by atoms with Gasteiger partial charge in [-0.15, -0.1) is 0 Å². The van der Waals surface area contributed by atoms with E-state index in [-0.39, 0.29) is 23.7 Å². The topological polar surface area (TPSA) is 123 Å². The van der Waals surface area contributed by atoms with E-state index < -0.39 is 23.2 Å². The van der Waals surface area contributed by atoms with Crippen molar-refractivity contribution in [2.75, 3.05) is 5.32 Å². The van der Waals surface area contributed by atoms with Crippen LogP contribution in [-0.2, 0) is 17.5 Å². The number of halogens is 3. The van der Waals surface area contributed by atoms with Crippen LogP contribution in [0, 0.1) is 0 Å². The number of nitrogens with one attached hydrogen (secondary N) is 2. The predicted molar refractivity (Wildman–Crippen MR) is 95.5 cm³/mol. The van der Waals surface area contributed by atoms with Crippen LogP contribution in [0.4, 0.5) is 24.5 Å². The lowest BCUT2D eigenvalue weighted by Gasteiger charge is -2.15. The molecule has 7 nitrogen and oxygen atoms in total. The van der Waals surface area contributed by atoms with Crippen molar-refractivity contribution in [3.8, 4) is 0 Å². The van der Waals surface area contributed by atoms with Gasteiger partial charge in [-0.2, -0.15) is 13.2 Å². The summed E-state index contributed by atoms with van der Waals surface area (Å²) in [5.41, 5.74) is 9.39. The number of amides is 2. The van der Waals surface area contributed by atoms with E-state index >= 15 is 0 Å². The van der Waals surface area contributed by atoms with Gasteiger partial charge in [-0.3, -0.25) is 14.6 Å². The maximum Gasteiger partial charge on any atom is 0.418 e. The highest BCUT2D eigenvalue weighted by molar-refractivity contribution is 5.93. The molecule has 0 saturated heterocycles. The van der Waals surface area contributed by atoms with Crippen molar-refractivity contribution < 1.29 is 22.8 Å². The number of nitrogens with two attached hydrogens (primary N) is 2. The van der Waals surface area contributed by atoms with Gasteiger partial charge < -0.3 is 22.1 Å². The monoisotopic (exact) mass is 393 g/mol. The van der Waals surface area contributed by atoms with Crippen molar-refractivity contribution >= 4 is 23.2 Å². The molecule has 0 unspecified atom stereocenters. The number of hydrogen-bond acceptors (Lipinski definition) is 5. The fourth-order valence-corrected chi connectivity index (χ4v) is 2.51. The second kappa shape index (κ2) is 7.12. The van der Waals surface area contributed by atoms with Gasteiger partial charge in [0.2, 0.25) is 11.8 Å². The molecule has 1 heterocycles. The number of rotatable bonds is 6. The van der Waals surface area contributed by atoms with Crippen LogP contribution in [0.2, 0.25) is 0 Å². The van der Waals surface area contributed by atoms with Crippen LogP contribution in [0.25, 0.3) is 0 Å². The lowest BCUT2D eigenvalue weighted by Crippen LogP contribution is -2.42. The summed E-state index contributed by atoms with van der Waals surface area (Å²) in [6.07, 6.45) is -2.04. The number of pyridine rings is 1. The van der Waals surface area contributed by atoms with Gasteiger partial charge in [-0.25, -0.2) is 0 Å². The maximum absolute atomic E-state index is 13.3. The molecule has 1 aromatic heterocycles. The van der Waals surface area contributed by atoms with E-state index in [0.29, 0.717) is 30.3 Å². The maximum atomic E-state index is 13.3. The summed E-state index contributed by atoms with van der Waals surface area (Å²) in [5.74, 6) is -1.20. The summed E-state index contributed by atoms with van der Waals surface area (Å²) < 4.78 is 39.8. The zero-order valence-corrected chi connectivity index (χ0v) is 14.6.